The van der Waals surface area contributed by atoms with Crippen LogP contribution in [0.2, 0.25) is 0 Å². The number of amides is 1. The minimum absolute atomic E-state index is 0. The van der Waals surface area contributed by atoms with Crippen LogP contribution in [-0.2, 0) is 11.3 Å². The molecule has 0 aromatic heterocycles. The smallest absolute Gasteiger partial charge is 0.223 e. The summed E-state index contributed by atoms with van der Waals surface area (Å²) in [4.78, 5) is 12.5. The third-order valence-electron chi connectivity index (χ3n) is 5.55. The summed E-state index contributed by atoms with van der Waals surface area (Å²) in [5, 5.41) is 2.96. The fourth-order valence-electron chi connectivity index (χ4n) is 4.26. The highest BCUT2D eigenvalue weighted by Gasteiger charge is 2.40. The number of nitrogens with one attached hydrogen (secondary N) is 1. The summed E-state index contributed by atoms with van der Waals surface area (Å²) < 4.78 is 19.1. The molecule has 3 N–H and O–H groups in total. The predicted molar refractivity (Wildman–Crippen MR) is 98.2 cm³/mol. The van der Waals surface area contributed by atoms with Crippen molar-refractivity contribution in [2.75, 3.05) is 6.61 Å². The highest BCUT2D eigenvalue weighted by atomic mass is 35.5. The predicted octanol–water partition coefficient (Wildman–Crippen LogP) is 3.42. The second-order valence-corrected chi connectivity index (χ2v) is 7.11. The van der Waals surface area contributed by atoms with E-state index in [-0.39, 0.29) is 41.8 Å². The summed E-state index contributed by atoms with van der Waals surface area (Å²) in [5.74, 6) is 0.955. The molecular weight excluding hydrogens is 343 g/mol. The first-order chi connectivity index (χ1) is 11.6. The first-order valence-electron chi connectivity index (χ1n) is 9.03. The molecule has 6 heteroatoms. The van der Waals surface area contributed by atoms with Gasteiger partial charge in [0.05, 0.1) is 6.61 Å². The molecule has 1 aromatic rings. The molecule has 3 rings (SSSR count). The van der Waals surface area contributed by atoms with Crippen molar-refractivity contribution in [3.63, 3.8) is 0 Å². The molecule has 2 aliphatic carbocycles. The molecule has 2 atom stereocenters. The Morgan fingerprint density at radius 2 is 2.00 bits per heavy atom. The van der Waals surface area contributed by atoms with Crippen LogP contribution in [0.5, 0.6) is 5.75 Å². The Balaban J connectivity index is 0.00000225. The molecule has 2 fully saturated rings. The van der Waals surface area contributed by atoms with Gasteiger partial charge < -0.3 is 15.8 Å². The summed E-state index contributed by atoms with van der Waals surface area (Å²) in [6, 6.07) is 5.10. The van der Waals surface area contributed by atoms with Crippen LogP contribution < -0.4 is 15.8 Å². The van der Waals surface area contributed by atoms with Gasteiger partial charge in [-0.25, -0.2) is 4.39 Å². The minimum atomic E-state index is -0.387. The molecule has 4 nitrogen and oxygen atoms in total. The Hall–Kier alpha value is -1.33. The maximum absolute atomic E-state index is 13.9. The van der Waals surface area contributed by atoms with Gasteiger partial charge in [0.1, 0.15) is 0 Å². The Morgan fingerprint density at radius 1 is 1.32 bits per heavy atom. The molecule has 0 heterocycles. The number of carbonyl (C=O) groups excluding carboxylic acids is 1. The third kappa shape index (κ3) is 4.64. The summed E-state index contributed by atoms with van der Waals surface area (Å²) in [7, 11) is 0. The largest absolute Gasteiger partial charge is 0.491 e. The van der Waals surface area contributed by atoms with Crippen molar-refractivity contribution in [1.29, 1.82) is 0 Å². The van der Waals surface area contributed by atoms with E-state index in [9.17, 15) is 9.18 Å². The van der Waals surface area contributed by atoms with Gasteiger partial charge in [0.2, 0.25) is 5.91 Å². The monoisotopic (exact) mass is 370 g/mol. The van der Waals surface area contributed by atoms with Gasteiger partial charge in [-0.3, -0.25) is 4.79 Å². The fourth-order valence-corrected chi connectivity index (χ4v) is 4.26. The quantitative estimate of drug-likeness (QED) is 0.834. The van der Waals surface area contributed by atoms with E-state index < -0.39 is 0 Å². The van der Waals surface area contributed by atoms with Crippen LogP contribution in [0, 0.1) is 23.6 Å². The maximum Gasteiger partial charge on any atom is 0.223 e. The maximum atomic E-state index is 13.9. The zero-order valence-electron chi connectivity index (χ0n) is 14.7. The summed E-state index contributed by atoms with van der Waals surface area (Å²) in [5.41, 5.74) is 7.03. The van der Waals surface area contributed by atoms with Crippen LogP contribution >= 0.6 is 12.4 Å². The van der Waals surface area contributed by atoms with Crippen molar-refractivity contribution in [2.45, 2.75) is 51.6 Å². The first-order valence-corrected chi connectivity index (χ1v) is 9.03. The number of rotatable bonds is 5. The molecule has 1 amide bonds. The summed E-state index contributed by atoms with van der Waals surface area (Å²) in [6.07, 6.45) is 5.31. The van der Waals surface area contributed by atoms with Gasteiger partial charge in [-0.05, 0) is 62.1 Å². The Bertz CT molecular complexity index is 585. The minimum Gasteiger partial charge on any atom is -0.491 e. The molecule has 0 saturated heterocycles. The van der Waals surface area contributed by atoms with Gasteiger partial charge in [-0.1, -0.05) is 12.5 Å². The molecule has 0 aliphatic heterocycles. The number of carbonyl (C=O) groups is 1. The SMILES string of the molecule is CCOc1ccc(CNC(=O)C2CC3CCCC(C2)C3N)cc1F.Cl. The molecule has 2 unspecified atom stereocenters. The molecule has 25 heavy (non-hydrogen) atoms. The highest BCUT2D eigenvalue weighted by Crippen LogP contribution is 2.41. The second kappa shape index (κ2) is 8.86. The fraction of sp³-hybridized carbons (Fsp3) is 0.632. The Labute approximate surface area is 155 Å². The van der Waals surface area contributed by atoms with E-state index in [2.05, 4.69) is 5.32 Å². The highest BCUT2D eigenvalue weighted by molar-refractivity contribution is 5.85. The third-order valence-corrected chi connectivity index (χ3v) is 5.55. The van der Waals surface area contributed by atoms with Crippen LogP contribution in [0.25, 0.3) is 0 Å². The lowest BCUT2D eigenvalue weighted by Gasteiger charge is -2.43. The Morgan fingerprint density at radius 3 is 2.60 bits per heavy atom. The molecule has 140 valence electrons. The van der Waals surface area contributed by atoms with Gasteiger partial charge in [-0.15, -0.1) is 12.4 Å². The lowest BCUT2D eigenvalue weighted by molar-refractivity contribution is -0.128. The van der Waals surface area contributed by atoms with E-state index in [0.717, 1.165) is 31.2 Å². The van der Waals surface area contributed by atoms with Gasteiger partial charge >= 0.3 is 0 Å². The molecule has 2 saturated carbocycles. The van der Waals surface area contributed by atoms with Gasteiger partial charge in [0.25, 0.3) is 0 Å². The average Bonchev–Trinajstić information content (AvgIpc) is 2.55. The van der Waals surface area contributed by atoms with Crippen molar-refractivity contribution in [2.24, 2.45) is 23.5 Å². The number of hydrogen-bond acceptors (Lipinski definition) is 3. The van der Waals surface area contributed by atoms with Crippen LogP contribution in [0.15, 0.2) is 18.2 Å². The van der Waals surface area contributed by atoms with E-state index in [0.29, 0.717) is 25.0 Å². The number of hydrogen-bond donors (Lipinski definition) is 2. The van der Waals surface area contributed by atoms with Crippen LogP contribution in [-0.4, -0.2) is 18.6 Å². The van der Waals surface area contributed by atoms with E-state index in [4.69, 9.17) is 10.5 Å². The number of halogens is 2. The molecule has 0 spiro atoms. The van der Waals surface area contributed by atoms with Gasteiger partial charge in [-0.2, -0.15) is 0 Å². The number of ether oxygens (including phenoxy) is 1. The second-order valence-electron chi connectivity index (χ2n) is 7.11. The normalized spacial score (nSPS) is 28.0. The molecule has 0 radical (unpaired) electrons. The number of fused-ring (bicyclic) bond motifs is 2. The van der Waals surface area contributed by atoms with Crippen molar-refractivity contribution >= 4 is 18.3 Å². The zero-order valence-corrected chi connectivity index (χ0v) is 15.5. The van der Waals surface area contributed by atoms with Crippen molar-refractivity contribution in [3.05, 3.63) is 29.6 Å². The number of benzene rings is 1. The molecule has 2 bridgehead atoms. The molecular formula is C19H28ClFN2O2. The van der Waals surface area contributed by atoms with Gasteiger partial charge in [0.15, 0.2) is 11.6 Å². The van der Waals surface area contributed by atoms with E-state index in [1.807, 2.05) is 6.92 Å². The average molecular weight is 371 g/mol. The van der Waals surface area contributed by atoms with Crippen LogP contribution in [0.3, 0.4) is 0 Å². The summed E-state index contributed by atoms with van der Waals surface area (Å²) >= 11 is 0. The van der Waals surface area contributed by atoms with Crippen molar-refractivity contribution in [1.82, 2.24) is 5.32 Å². The zero-order chi connectivity index (χ0) is 17.1. The van der Waals surface area contributed by atoms with E-state index >= 15 is 0 Å². The van der Waals surface area contributed by atoms with Crippen molar-refractivity contribution < 1.29 is 13.9 Å². The molecule has 2 aliphatic rings. The van der Waals surface area contributed by atoms with E-state index in [1.165, 1.54) is 12.5 Å². The topological polar surface area (TPSA) is 64.3 Å². The van der Waals surface area contributed by atoms with Gasteiger partial charge in [0, 0.05) is 18.5 Å². The van der Waals surface area contributed by atoms with Crippen LogP contribution in [0.1, 0.15) is 44.6 Å². The first kappa shape index (κ1) is 20.0. The number of nitrogens with two attached hydrogens (primary N) is 1. The van der Waals surface area contributed by atoms with Crippen molar-refractivity contribution in [3.8, 4) is 5.75 Å². The summed E-state index contributed by atoms with van der Waals surface area (Å²) in [6.45, 7) is 2.60. The Kier molecular flexibility index (Phi) is 7.08. The molecule has 1 aromatic carbocycles. The lowest BCUT2D eigenvalue weighted by Crippen LogP contribution is -2.49. The lowest BCUT2D eigenvalue weighted by atomic mass is 9.65. The standard InChI is InChI=1S/C19H27FN2O2.ClH/c1-2-24-17-7-6-12(8-16(17)20)11-22-19(23)15-9-13-4-3-5-14(10-15)18(13)21;/h6-8,13-15,18H,2-5,9-11,21H2,1H3,(H,22,23);1H. The van der Waals surface area contributed by atoms with E-state index in [1.54, 1.807) is 12.1 Å². The van der Waals surface area contributed by atoms with Crippen LogP contribution in [0.4, 0.5) is 4.39 Å².